The summed E-state index contributed by atoms with van der Waals surface area (Å²) in [5, 5.41) is 16.5. The van der Waals surface area contributed by atoms with Crippen molar-refractivity contribution in [1.82, 2.24) is 5.32 Å². The molecule has 0 aliphatic rings. The van der Waals surface area contributed by atoms with Crippen LogP contribution in [0.25, 0.3) is 0 Å². The van der Waals surface area contributed by atoms with E-state index in [1.807, 2.05) is 0 Å². The second kappa shape index (κ2) is 6.60. The first-order valence-electron chi connectivity index (χ1n) is 6.08. The predicted molar refractivity (Wildman–Crippen MR) is 83.2 cm³/mol. The fraction of sp³-hybridized carbons (Fsp3) is 0.143. The number of halogens is 1. The summed E-state index contributed by atoms with van der Waals surface area (Å²) in [5.74, 6) is -0.533. The van der Waals surface area contributed by atoms with Gasteiger partial charge in [0, 0.05) is 7.05 Å². The van der Waals surface area contributed by atoms with Crippen molar-refractivity contribution in [2.45, 2.75) is 6.42 Å². The van der Waals surface area contributed by atoms with Gasteiger partial charge in [-0.3, -0.25) is 9.59 Å². The highest BCUT2D eigenvalue weighted by atomic mass is 35.5. The van der Waals surface area contributed by atoms with Crippen molar-refractivity contribution in [2.24, 2.45) is 0 Å². The lowest BCUT2D eigenvalue weighted by Crippen LogP contribution is -2.20. The molecule has 0 aliphatic heterocycles. The standard InChI is InChI=1S/C14H13ClN2O3S/c1-16-14(20)13-10(4-5-21-13)17-12(19)7-8-2-3-11(18)9(15)6-8/h2-6,18H,7H2,1H3,(H,16,20)(H,17,19). The van der Waals surface area contributed by atoms with Gasteiger partial charge in [-0.15, -0.1) is 11.3 Å². The normalized spacial score (nSPS) is 10.2. The molecule has 3 N–H and O–H groups in total. The molecule has 21 heavy (non-hydrogen) atoms. The van der Waals surface area contributed by atoms with E-state index in [0.29, 0.717) is 16.1 Å². The Labute approximate surface area is 130 Å². The topological polar surface area (TPSA) is 78.4 Å². The molecule has 0 aliphatic carbocycles. The van der Waals surface area contributed by atoms with Gasteiger partial charge in [-0.05, 0) is 29.1 Å². The molecular weight excluding hydrogens is 312 g/mol. The van der Waals surface area contributed by atoms with E-state index in [0.717, 1.165) is 0 Å². The lowest BCUT2D eigenvalue weighted by molar-refractivity contribution is -0.115. The van der Waals surface area contributed by atoms with Crippen LogP contribution in [-0.4, -0.2) is 24.0 Å². The number of nitrogens with one attached hydrogen (secondary N) is 2. The van der Waals surface area contributed by atoms with Crippen molar-refractivity contribution in [3.8, 4) is 5.75 Å². The van der Waals surface area contributed by atoms with Crippen LogP contribution in [0.15, 0.2) is 29.6 Å². The number of aromatic hydroxyl groups is 1. The van der Waals surface area contributed by atoms with Crippen LogP contribution >= 0.6 is 22.9 Å². The highest BCUT2D eigenvalue weighted by Gasteiger charge is 2.14. The lowest BCUT2D eigenvalue weighted by atomic mass is 10.1. The highest BCUT2D eigenvalue weighted by Crippen LogP contribution is 2.25. The predicted octanol–water partition coefficient (Wildman–Crippen LogP) is 2.65. The number of benzene rings is 1. The molecule has 0 radical (unpaired) electrons. The number of thiophene rings is 1. The summed E-state index contributed by atoms with van der Waals surface area (Å²) >= 11 is 7.05. The molecule has 0 saturated heterocycles. The van der Waals surface area contributed by atoms with E-state index in [9.17, 15) is 14.7 Å². The number of rotatable bonds is 4. The number of anilines is 1. The van der Waals surface area contributed by atoms with E-state index in [4.69, 9.17) is 11.6 Å². The van der Waals surface area contributed by atoms with Crippen LogP contribution in [0.1, 0.15) is 15.2 Å². The Bertz CT molecular complexity index is 685. The van der Waals surface area contributed by atoms with E-state index in [-0.39, 0.29) is 29.0 Å². The van der Waals surface area contributed by atoms with E-state index in [2.05, 4.69) is 10.6 Å². The molecule has 0 atom stereocenters. The van der Waals surface area contributed by atoms with Crippen LogP contribution in [-0.2, 0) is 11.2 Å². The molecule has 0 spiro atoms. The van der Waals surface area contributed by atoms with Gasteiger partial charge in [0.25, 0.3) is 5.91 Å². The van der Waals surface area contributed by atoms with Gasteiger partial charge < -0.3 is 15.7 Å². The largest absolute Gasteiger partial charge is 0.506 e. The van der Waals surface area contributed by atoms with Crippen molar-refractivity contribution in [2.75, 3.05) is 12.4 Å². The zero-order valence-electron chi connectivity index (χ0n) is 11.1. The van der Waals surface area contributed by atoms with Crippen molar-refractivity contribution < 1.29 is 14.7 Å². The van der Waals surface area contributed by atoms with Gasteiger partial charge >= 0.3 is 0 Å². The zero-order chi connectivity index (χ0) is 15.4. The smallest absolute Gasteiger partial charge is 0.263 e. The second-order valence-electron chi connectivity index (χ2n) is 4.25. The Morgan fingerprint density at radius 1 is 1.33 bits per heavy atom. The summed E-state index contributed by atoms with van der Waals surface area (Å²) in [5.41, 5.74) is 1.15. The van der Waals surface area contributed by atoms with Gasteiger partial charge in [0.05, 0.1) is 17.1 Å². The minimum atomic E-state index is -0.264. The SMILES string of the molecule is CNC(=O)c1sccc1NC(=O)Cc1ccc(O)c(Cl)c1. The van der Waals surface area contributed by atoms with Crippen LogP contribution in [0, 0.1) is 0 Å². The molecule has 1 aromatic carbocycles. The molecule has 5 nitrogen and oxygen atoms in total. The fourth-order valence-electron chi connectivity index (χ4n) is 1.74. The van der Waals surface area contributed by atoms with E-state index < -0.39 is 0 Å². The van der Waals surface area contributed by atoms with Crippen LogP contribution in [0.3, 0.4) is 0 Å². The monoisotopic (exact) mass is 324 g/mol. The molecule has 110 valence electrons. The molecule has 2 aromatic rings. The number of phenols is 1. The summed E-state index contributed by atoms with van der Waals surface area (Å²) in [4.78, 5) is 24.1. The number of carbonyl (C=O) groups is 2. The van der Waals surface area contributed by atoms with Crippen LogP contribution in [0.5, 0.6) is 5.75 Å². The molecule has 0 bridgehead atoms. The van der Waals surface area contributed by atoms with Crippen molar-refractivity contribution >= 4 is 40.4 Å². The van der Waals surface area contributed by atoms with Gasteiger partial charge in [-0.2, -0.15) is 0 Å². The molecule has 2 rings (SSSR count). The number of phenolic OH excluding ortho intramolecular Hbond substituents is 1. The Morgan fingerprint density at radius 2 is 2.10 bits per heavy atom. The van der Waals surface area contributed by atoms with Gasteiger partial charge in [0.2, 0.25) is 5.91 Å². The number of hydrogen-bond acceptors (Lipinski definition) is 4. The van der Waals surface area contributed by atoms with E-state index >= 15 is 0 Å². The molecule has 1 heterocycles. The average Bonchev–Trinajstić information content (AvgIpc) is 2.90. The summed E-state index contributed by atoms with van der Waals surface area (Å²) in [6, 6.07) is 6.26. The Hall–Kier alpha value is -2.05. The third-order valence-electron chi connectivity index (χ3n) is 2.75. The van der Waals surface area contributed by atoms with Crippen LogP contribution in [0.4, 0.5) is 5.69 Å². The van der Waals surface area contributed by atoms with Crippen molar-refractivity contribution in [3.05, 3.63) is 45.1 Å². The van der Waals surface area contributed by atoms with Crippen molar-refractivity contribution in [3.63, 3.8) is 0 Å². The molecule has 0 fully saturated rings. The zero-order valence-corrected chi connectivity index (χ0v) is 12.7. The maximum atomic E-state index is 12.0. The third kappa shape index (κ3) is 3.74. The Morgan fingerprint density at radius 3 is 2.76 bits per heavy atom. The summed E-state index contributed by atoms with van der Waals surface area (Å²) in [6.45, 7) is 0. The van der Waals surface area contributed by atoms with Crippen LogP contribution < -0.4 is 10.6 Å². The Kier molecular flexibility index (Phi) is 4.82. The third-order valence-corrected chi connectivity index (χ3v) is 3.97. The molecule has 7 heteroatoms. The first-order valence-corrected chi connectivity index (χ1v) is 7.34. The lowest BCUT2D eigenvalue weighted by Gasteiger charge is -2.07. The first kappa shape index (κ1) is 15.3. The minimum Gasteiger partial charge on any atom is -0.506 e. The van der Waals surface area contributed by atoms with Gasteiger partial charge in [0.15, 0.2) is 0 Å². The summed E-state index contributed by atoms with van der Waals surface area (Å²) in [7, 11) is 1.53. The molecule has 1 aromatic heterocycles. The van der Waals surface area contributed by atoms with E-state index in [1.54, 1.807) is 17.5 Å². The minimum absolute atomic E-state index is 0.0273. The number of carbonyl (C=O) groups excluding carboxylic acids is 2. The fourth-order valence-corrected chi connectivity index (χ4v) is 2.74. The summed E-state index contributed by atoms with van der Waals surface area (Å²) in [6.07, 6.45) is 0.100. The number of amides is 2. The van der Waals surface area contributed by atoms with Gasteiger partial charge in [0.1, 0.15) is 10.6 Å². The maximum absolute atomic E-state index is 12.0. The summed E-state index contributed by atoms with van der Waals surface area (Å²) < 4.78 is 0. The van der Waals surface area contributed by atoms with E-state index in [1.165, 1.54) is 30.5 Å². The molecule has 0 saturated carbocycles. The molecular formula is C14H13ClN2O3S. The Balaban J connectivity index is 2.07. The average molecular weight is 325 g/mol. The molecule has 0 unspecified atom stereocenters. The van der Waals surface area contributed by atoms with Crippen LogP contribution in [0.2, 0.25) is 5.02 Å². The maximum Gasteiger partial charge on any atom is 0.263 e. The second-order valence-corrected chi connectivity index (χ2v) is 5.58. The van der Waals surface area contributed by atoms with Gasteiger partial charge in [-0.25, -0.2) is 0 Å². The first-order chi connectivity index (χ1) is 10.0. The quantitative estimate of drug-likeness (QED) is 0.809. The number of hydrogen-bond donors (Lipinski definition) is 3. The highest BCUT2D eigenvalue weighted by molar-refractivity contribution is 7.12. The molecule has 2 amide bonds. The van der Waals surface area contributed by atoms with Crippen molar-refractivity contribution in [1.29, 1.82) is 0 Å². The van der Waals surface area contributed by atoms with Gasteiger partial charge in [-0.1, -0.05) is 17.7 Å².